The van der Waals surface area contributed by atoms with Gasteiger partial charge in [0, 0.05) is 9.92 Å². The molecule has 0 aliphatic rings. The first kappa shape index (κ1) is 18.4. The van der Waals surface area contributed by atoms with Crippen LogP contribution in [-0.2, 0) is 6.61 Å². The summed E-state index contributed by atoms with van der Waals surface area (Å²) in [5.41, 5.74) is 2.27. The molecule has 1 N–H and O–H groups in total. The summed E-state index contributed by atoms with van der Waals surface area (Å²) in [6.45, 7) is 0.364. The van der Waals surface area contributed by atoms with Crippen molar-refractivity contribution < 1.29 is 9.53 Å². The molecule has 132 valence electrons. The number of halogens is 1. The van der Waals surface area contributed by atoms with Gasteiger partial charge in [0.1, 0.15) is 12.4 Å². The van der Waals surface area contributed by atoms with Crippen LogP contribution in [0.2, 0.25) is 5.02 Å². The zero-order valence-corrected chi connectivity index (χ0v) is 15.8. The van der Waals surface area contributed by atoms with E-state index in [9.17, 15) is 4.79 Å². The summed E-state index contributed by atoms with van der Waals surface area (Å²) >= 11 is 7.49. The molecule has 0 unspecified atom stereocenters. The molecule has 3 aromatic carbocycles. The fraction of sp³-hybridized carbons (Fsp3) is 0.0952. The molecule has 0 bridgehead atoms. The van der Waals surface area contributed by atoms with Crippen LogP contribution in [0.3, 0.4) is 0 Å². The minimum Gasteiger partial charge on any atom is -0.488 e. The van der Waals surface area contributed by atoms with Crippen LogP contribution in [0.4, 0.5) is 5.69 Å². The molecule has 0 saturated heterocycles. The molecule has 3 aromatic rings. The monoisotopic (exact) mass is 383 g/mol. The maximum atomic E-state index is 12.7. The zero-order valence-electron chi connectivity index (χ0n) is 14.2. The van der Waals surface area contributed by atoms with E-state index < -0.39 is 0 Å². The number of thioether (sulfide) groups is 1. The largest absolute Gasteiger partial charge is 0.488 e. The Bertz CT molecular complexity index is 897. The van der Waals surface area contributed by atoms with Crippen LogP contribution in [-0.4, -0.2) is 12.2 Å². The molecule has 0 atom stereocenters. The van der Waals surface area contributed by atoms with Crippen molar-refractivity contribution in [2.45, 2.75) is 11.5 Å². The molecule has 3 rings (SSSR count). The van der Waals surface area contributed by atoms with Crippen LogP contribution in [0.25, 0.3) is 0 Å². The number of para-hydroxylation sites is 2. The van der Waals surface area contributed by atoms with Gasteiger partial charge in [0.2, 0.25) is 0 Å². The number of hydrogen-bond donors (Lipinski definition) is 1. The summed E-state index contributed by atoms with van der Waals surface area (Å²) in [5, 5.41) is 3.65. The SMILES string of the molecule is CSc1ccccc1NC(=O)c1ccccc1OCc1ccc(Cl)cc1. The predicted octanol–water partition coefficient (Wildman–Crippen LogP) is 5.89. The topological polar surface area (TPSA) is 38.3 Å². The van der Waals surface area contributed by atoms with Gasteiger partial charge in [-0.3, -0.25) is 4.79 Å². The van der Waals surface area contributed by atoms with Crippen LogP contribution >= 0.6 is 23.4 Å². The smallest absolute Gasteiger partial charge is 0.259 e. The normalized spacial score (nSPS) is 10.4. The fourth-order valence-electron chi connectivity index (χ4n) is 2.46. The highest BCUT2D eigenvalue weighted by molar-refractivity contribution is 7.98. The van der Waals surface area contributed by atoms with Crippen molar-refractivity contribution in [1.29, 1.82) is 0 Å². The highest BCUT2D eigenvalue weighted by atomic mass is 35.5. The molecular formula is C21H18ClNO2S. The first-order chi connectivity index (χ1) is 12.7. The molecule has 0 saturated carbocycles. The Morgan fingerprint density at radius 1 is 1.00 bits per heavy atom. The minimum atomic E-state index is -0.196. The zero-order chi connectivity index (χ0) is 18.4. The van der Waals surface area contributed by atoms with Crippen LogP contribution in [0.1, 0.15) is 15.9 Å². The van der Waals surface area contributed by atoms with Gasteiger partial charge in [0.05, 0.1) is 11.3 Å². The Kier molecular flexibility index (Phi) is 6.21. The molecule has 26 heavy (non-hydrogen) atoms. The van der Waals surface area contributed by atoms with Crippen LogP contribution < -0.4 is 10.1 Å². The van der Waals surface area contributed by atoms with Crippen molar-refractivity contribution in [2.24, 2.45) is 0 Å². The van der Waals surface area contributed by atoms with Gasteiger partial charge in [0.25, 0.3) is 5.91 Å². The van der Waals surface area contributed by atoms with Crippen LogP contribution in [0.15, 0.2) is 77.7 Å². The Balaban J connectivity index is 1.75. The van der Waals surface area contributed by atoms with Gasteiger partial charge in [-0.05, 0) is 48.2 Å². The van der Waals surface area contributed by atoms with Gasteiger partial charge in [0.15, 0.2) is 0 Å². The standard InChI is InChI=1S/C21H18ClNO2S/c1-26-20-9-5-3-7-18(20)23-21(24)17-6-2-4-8-19(17)25-14-15-10-12-16(22)13-11-15/h2-13H,14H2,1H3,(H,23,24). The number of benzene rings is 3. The Morgan fingerprint density at radius 2 is 1.69 bits per heavy atom. The van der Waals surface area contributed by atoms with E-state index in [0.29, 0.717) is 22.9 Å². The fourth-order valence-corrected chi connectivity index (χ4v) is 3.14. The molecule has 0 fully saturated rings. The van der Waals surface area contributed by atoms with Gasteiger partial charge >= 0.3 is 0 Å². The third kappa shape index (κ3) is 4.59. The van der Waals surface area contributed by atoms with Gasteiger partial charge in [-0.2, -0.15) is 0 Å². The molecule has 0 radical (unpaired) electrons. The number of ether oxygens (including phenoxy) is 1. The van der Waals surface area contributed by atoms with E-state index in [0.717, 1.165) is 16.1 Å². The van der Waals surface area contributed by atoms with E-state index in [1.165, 1.54) is 0 Å². The van der Waals surface area contributed by atoms with Crippen LogP contribution in [0, 0.1) is 0 Å². The highest BCUT2D eigenvalue weighted by Crippen LogP contribution is 2.27. The highest BCUT2D eigenvalue weighted by Gasteiger charge is 2.14. The summed E-state index contributed by atoms with van der Waals surface area (Å²) in [5.74, 6) is 0.347. The lowest BCUT2D eigenvalue weighted by atomic mass is 10.1. The van der Waals surface area contributed by atoms with Gasteiger partial charge in [-0.15, -0.1) is 11.8 Å². The van der Waals surface area contributed by atoms with Gasteiger partial charge < -0.3 is 10.1 Å². The lowest BCUT2D eigenvalue weighted by Crippen LogP contribution is -2.14. The van der Waals surface area contributed by atoms with E-state index in [4.69, 9.17) is 16.3 Å². The summed E-state index contributed by atoms with van der Waals surface area (Å²) in [7, 11) is 0. The van der Waals surface area contributed by atoms with Crippen molar-refractivity contribution in [3.63, 3.8) is 0 Å². The van der Waals surface area contributed by atoms with E-state index >= 15 is 0 Å². The average molecular weight is 384 g/mol. The molecule has 0 aliphatic carbocycles. The molecule has 5 heteroatoms. The third-order valence-electron chi connectivity index (χ3n) is 3.79. The van der Waals surface area contributed by atoms with E-state index in [-0.39, 0.29) is 5.91 Å². The third-order valence-corrected chi connectivity index (χ3v) is 4.84. The maximum Gasteiger partial charge on any atom is 0.259 e. The summed E-state index contributed by atoms with van der Waals surface area (Å²) in [6, 6.07) is 22.4. The average Bonchev–Trinajstić information content (AvgIpc) is 2.68. The van der Waals surface area contributed by atoms with Crippen molar-refractivity contribution in [3.05, 3.63) is 88.9 Å². The second-order valence-electron chi connectivity index (χ2n) is 5.57. The van der Waals surface area contributed by atoms with Crippen molar-refractivity contribution in [3.8, 4) is 5.75 Å². The van der Waals surface area contributed by atoms with Gasteiger partial charge in [-0.1, -0.05) is 48.0 Å². The van der Waals surface area contributed by atoms with Crippen molar-refractivity contribution >= 4 is 35.0 Å². The Morgan fingerprint density at radius 3 is 2.46 bits per heavy atom. The quantitative estimate of drug-likeness (QED) is 0.539. The number of nitrogens with one attached hydrogen (secondary N) is 1. The first-order valence-corrected chi connectivity index (χ1v) is 9.68. The maximum absolute atomic E-state index is 12.7. The van der Waals surface area contributed by atoms with E-state index in [2.05, 4.69) is 5.32 Å². The molecule has 0 heterocycles. The predicted molar refractivity (Wildman–Crippen MR) is 108 cm³/mol. The molecule has 3 nitrogen and oxygen atoms in total. The molecule has 0 aromatic heterocycles. The van der Waals surface area contributed by atoms with E-state index in [1.54, 1.807) is 23.9 Å². The summed E-state index contributed by atoms with van der Waals surface area (Å²) in [6.07, 6.45) is 1.98. The summed E-state index contributed by atoms with van der Waals surface area (Å²) in [4.78, 5) is 13.8. The number of carbonyl (C=O) groups is 1. The number of amides is 1. The van der Waals surface area contributed by atoms with Gasteiger partial charge in [-0.25, -0.2) is 0 Å². The lowest BCUT2D eigenvalue weighted by Gasteiger charge is -2.13. The van der Waals surface area contributed by atoms with Crippen molar-refractivity contribution in [2.75, 3.05) is 11.6 Å². The second-order valence-corrected chi connectivity index (χ2v) is 6.85. The van der Waals surface area contributed by atoms with E-state index in [1.807, 2.05) is 66.9 Å². The number of hydrogen-bond acceptors (Lipinski definition) is 3. The molecule has 0 spiro atoms. The number of carbonyl (C=O) groups excluding carboxylic acids is 1. The van der Waals surface area contributed by atoms with Crippen molar-refractivity contribution in [1.82, 2.24) is 0 Å². The number of anilines is 1. The second kappa shape index (κ2) is 8.79. The number of rotatable bonds is 6. The lowest BCUT2D eigenvalue weighted by molar-refractivity contribution is 0.102. The molecular weight excluding hydrogens is 366 g/mol. The Labute approximate surface area is 162 Å². The minimum absolute atomic E-state index is 0.196. The molecule has 0 aliphatic heterocycles. The van der Waals surface area contributed by atoms with Crippen LogP contribution in [0.5, 0.6) is 5.75 Å². The summed E-state index contributed by atoms with van der Waals surface area (Å²) < 4.78 is 5.87. The molecule has 1 amide bonds. The first-order valence-electron chi connectivity index (χ1n) is 8.08. The Hall–Kier alpha value is -2.43.